The topological polar surface area (TPSA) is 86.0 Å². The van der Waals surface area contributed by atoms with Crippen LogP contribution in [0.3, 0.4) is 0 Å². The lowest BCUT2D eigenvalue weighted by Gasteiger charge is -2.17. The van der Waals surface area contributed by atoms with Gasteiger partial charge in [0.2, 0.25) is 0 Å². The van der Waals surface area contributed by atoms with Crippen LogP contribution < -0.4 is 5.32 Å². The monoisotopic (exact) mass is 487 g/mol. The van der Waals surface area contributed by atoms with Crippen LogP contribution in [-0.4, -0.2) is 22.1 Å². The van der Waals surface area contributed by atoms with Crippen molar-refractivity contribution in [2.75, 3.05) is 5.32 Å². The highest BCUT2D eigenvalue weighted by molar-refractivity contribution is 5.99. The van der Waals surface area contributed by atoms with Crippen molar-refractivity contribution in [2.24, 2.45) is 0 Å². The van der Waals surface area contributed by atoms with Crippen LogP contribution in [0.5, 0.6) is 0 Å². The van der Waals surface area contributed by atoms with Gasteiger partial charge in [-0.2, -0.15) is 5.26 Å². The van der Waals surface area contributed by atoms with Crippen LogP contribution in [0.2, 0.25) is 0 Å². The highest BCUT2D eigenvalue weighted by Gasteiger charge is 2.21. The summed E-state index contributed by atoms with van der Waals surface area (Å²) in [6, 6.07) is 31.3. The van der Waals surface area contributed by atoms with Crippen LogP contribution in [0.25, 0.3) is 44.4 Å². The normalized spacial score (nSPS) is 11.6. The Kier molecular flexibility index (Phi) is 6.36. The predicted molar refractivity (Wildman–Crippen MR) is 143 cm³/mol. The molecule has 0 saturated heterocycles. The summed E-state index contributed by atoms with van der Waals surface area (Å²) >= 11 is 0. The molecule has 4 aromatic carbocycles. The van der Waals surface area contributed by atoms with E-state index in [1.165, 1.54) is 25.1 Å². The molecule has 0 aliphatic rings. The van der Waals surface area contributed by atoms with Gasteiger partial charge in [0.15, 0.2) is 0 Å². The molecule has 0 amide bonds. The number of hydrogen-bond donors (Lipinski definition) is 2. The van der Waals surface area contributed by atoms with Crippen LogP contribution in [0.1, 0.15) is 12.5 Å². The number of hydrogen-bond acceptors (Lipinski definition) is 4. The van der Waals surface area contributed by atoms with Gasteiger partial charge in [-0.05, 0) is 53.4 Å². The maximum absolute atomic E-state index is 14.1. The molecule has 6 heteroatoms. The highest BCUT2D eigenvalue weighted by atomic mass is 19.1. The molecule has 1 heterocycles. The Bertz CT molecular complexity index is 1660. The summed E-state index contributed by atoms with van der Waals surface area (Å²) in [4.78, 5) is 16.2. The van der Waals surface area contributed by atoms with Gasteiger partial charge in [-0.3, -0.25) is 4.79 Å². The number of benzene rings is 4. The Morgan fingerprint density at radius 2 is 1.49 bits per heavy atom. The fourth-order valence-corrected chi connectivity index (χ4v) is 4.31. The third-order valence-electron chi connectivity index (χ3n) is 6.25. The molecule has 5 nitrogen and oxygen atoms in total. The Morgan fingerprint density at radius 3 is 2.14 bits per heavy atom. The van der Waals surface area contributed by atoms with E-state index in [0.717, 1.165) is 22.3 Å². The quantitative estimate of drug-likeness (QED) is 0.266. The molecule has 0 radical (unpaired) electrons. The molecule has 1 aromatic heterocycles. The van der Waals surface area contributed by atoms with E-state index in [4.69, 9.17) is 0 Å². The smallest absolute Gasteiger partial charge is 0.325 e. The molecule has 0 bridgehead atoms. The van der Waals surface area contributed by atoms with E-state index in [1.54, 1.807) is 0 Å². The van der Waals surface area contributed by atoms with Gasteiger partial charge in [0.25, 0.3) is 0 Å². The lowest BCUT2D eigenvalue weighted by Crippen LogP contribution is -2.26. The average Bonchev–Trinajstić information content (AvgIpc) is 2.93. The average molecular weight is 488 g/mol. The number of pyridine rings is 1. The maximum Gasteiger partial charge on any atom is 0.325 e. The summed E-state index contributed by atoms with van der Waals surface area (Å²) in [6.45, 7) is 1.47. The third-order valence-corrected chi connectivity index (χ3v) is 6.25. The van der Waals surface area contributed by atoms with Gasteiger partial charge in [0, 0.05) is 10.9 Å². The number of anilines is 1. The van der Waals surface area contributed by atoms with Gasteiger partial charge in [0.05, 0.1) is 16.9 Å². The second kappa shape index (κ2) is 9.92. The summed E-state index contributed by atoms with van der Waals surface area (Å²) in [7, 11) is 0. The highest BCUT2D eigenvalue weighted by Crippen LogP contribution is 2.35. The maximum atomic E-state index is 14.1. The zero-order valence-electron chi connectivity index (χ0n) is 19.9. The number of halogens is 1. The van der Waals surface area contributed by atoms with Crippen molar-refractivity contribution in [2.45, 2.75) is 13.0 Å². The molecule has 0 fully saturated rings. The van der Waals surface area contributed by atoms with Crippen molar-refractivity contribution in [3.8, 4) is 39.6 Å². The zero-order chi connectivity index (χ0) is 25.9. The molecule has 180 valence electrons. The molecular formula is C31H22FN3O2. The SMILES string of the molecule is CC(Nc1c(C#N)c(-c2ccc(-c3cccc(-c4ccccc4)c3)cc2)nc2ccc(F)cc12)C(=O)O. The number of carboxylic acids is 1. The molecule has 5 rings (SSSR count). The number of aromatic nitrogens is 1. The molecule has 0 spiro atoms. The number of nitriles is 1. The first-order valence-corrected chi connectivity index (χ1v) is 11.7. The van der Waals surface area contributed by atoms with Gasteiger partial charge in [-0.1, -0.05) is 72.8 Å². The van der Waals surface area contributed by atoms with Crippen molar-refractivity contribution >= 4 is 22.6 Å². The predicted octanol–water partition coefficient (Wildman–Crippen LogP) is 7.13. The summed E-state index contributed by atoms with van der Waals surface area (Å²) in [5.74, 6) is -1.59. The van der Waals surface area contributed by atoms with Crippen molar-refractivity contribution in [3.63, 3.8) is 0 Å². The first-order chi connectivity index (χ1) is 17.9. The first kappa shape index (κ1) is 23.7. The van der Waals surface area contributed by atoms with E-state index >= 15 is 0 Å². The first-order valence-electron chi connectivity index (χ1n) is 11.7. The fraction of sp³-hybridized carbons (Fsp3) is 0.0645. The minimum Gasteiger partial charge on any atom is -0.480 e. The summed E-state index contributed by atoms with van der Waals surface area (Å²) in [5, 5.41) is 22.7. The molecule has 1 unspecified atom stereocenters. The lowest BCUT2D eigenvalue weighted by molar-refractivity contribution is -0.137. The Hall–Kier alpha value is -5.02. The summed E-state index contributed by atoms with van der Waals surface area (Å²) in [5.41, 5.74) is 6.24. The third kappa shape index (κ3) is 4.75. The number of nitrogens with one attached hydrogen (secondary N) is 1. The number of rotatable bonds is 6. The van der Waals surface area contributed by atoms with Crippen molar-refractivity contribution in [1.29, 1.82) is 5.26 Å². The number of fused-ring (bicyclic) bond motifs is 1. The van der Waals surface area contributed by atoms with E-state index < -0.39 is 17.8 Å². The van der Waals surface area contributed by atoms with Crippen LogP contribution >= 0.6 is 0 Å². The van der Waals surface area contributed by atoms with Gasteiger partial charge >= 0.3 is 5.97 Å². The van der Waals surface area contributed by atoms with E-state index in [9.17, 15) is 19.6 Å². The standard InChI is InChI=1S/C31H22FN3O2/c1-19(31(36)37)34-30-26-17-25(32)14-15-28(26)35-29(27(30)18-33)22-12-10-21(11-13-22)24-9-5-8-23(16-24)20-6-3-2-4-7-20/h2-17,19H,1H3,(H,34,35)(H,36,37). The van der Waals surface area contributed by atoms with Crippen LogP contribution in [0.15, 0.2) is 97.1 Å². The fourth-order valence-electron chi connectivity index (χ4n) is 4.31. The Labute approximate surface area is 213 Å². The minimum absolute atomic E-state index is 0.157. The summed E-state index contributed by atoms with van der Waals surface area (Å²) < 4.78 is 14.1. The van der Waals surface area contributed by atoms with E-state index in [-0.39, 0.29) is 11.3 Å². The second-order valence-electron chi connectivity index (χ2n) is 8.71. The molecule has 5 aromatic rings. The van der Waals surface area contributed by atoms with E-state index in [1.807, 2.05) is 54.6 Å². The van der Waals surface area contributed by atoms with Crippen LogP contribution in [-0.2, 0) is 4.79 Å². The molecular weight excluding hydrogens is 465 g/mol. The number of aliphatic carboxylic acids is 1. The van der Waals surface area contributed by atoms with Gasteiger partial charge in [-0.15, -0.1) is 0 Å². The van der Waals surface area contributed by atoms with E-state index in [2.05, 4.69) is 40.6 Å². The minimum atomic E-state index is -1.09. The van der Waals surface area contributed by atoms with Crippen LogP contribution in [0.4, 0.5) is 10.1 Å². The molecule has 37 heavy (non-hydrogen) atoms. The largest absolute Gasteiger partial charge is 0.480 e. The molecule has 0 aliphatic carbocycles. The Balaban J connectivity index is 1.58. The lowest BCUT2D eigenvalue weighted by atomic mass is 9.96. The van der Waals surface area contributed by atoms with Crippen molar-refractivity contribution in [1.82, 2.24) is 4.98 Å². The Morgan fingerprint density at radius 1 is 0.865 bits per heavy atom. The van der Waals surface area contributed by atoms with Gasteiger partial charge in [0.1, 0.15) is 23.5 Å². The second-order valence-corrected chi connectivity index (χ2v) is 8.71. The van der Waals surface area contributed by atoms with Crippen LogP contribution in [0, 0.1) is 17.1 Å². The van der Waals surface area contributed by atoms with Crippen molar-refractivity contribution in [3.05, 3.63) is 108 Å². The molecule has 0 aliphatic heterocycles. The molecule has 1 atom stereocenters. The zero-order valence-corrected chi connectivity index (χ0v) is 19.9. The number of nitrogens with zero attached hydrogens (tertiary/aromatic N) is 2. The van der Waals surface area contributed by atoms with Gasteiger partial charge < -0.3 is 10.4 Å². The summed E-state index contributed by atoms with van der Waals surface area (Å²) in [6.07, 6.45) is 0. The molecule has 0 saturated carbocycles. The molecule has 2 N–H and O–H groups in total. The van der Waals surface area contributed by atoms with E-state index in [0.29, 0.717) is 22.2 Å². The van der Waals surface area contributed by atoms with Crippen molar-refractivity contribution < 1.29 is 14.3 Å². The number of carboxylic acid groups (broad SMARTS) is 1. The van der Waals surface area contributed by atoms with Gasteiger partial charge in [-0.25, -0.2) is 9.37 Å². The number of carbonyl (C=O) groups is 1.